The van der Waals surface area contributed by atoms with Crippen LogP contribution in [-0.2, 0) is 13.0 Å². The van der Waals surface area contributed by atoms with E-state index in [9.17, 15) is 4.79 Å². The van der Waals surface area contributed by atoms with Crippen LogP contribution in [-0.4, -0.2) is 11.1 Å². The zero-order chi connectivity index (χ0) is 11.3. The maximum atomic E-state index is 11.9. The van der Waals surface area contributed by atoms with Gasteiger partial charge in [-0.1, -0.05) is 19.9 Å². The summed E-state index contributed by atoms with van der Waals surface area (Å²) in [4.78, 5) is 11.9. The molecule has 15 heavy (non-hydrogen) atoms. The number of pyridine rings is 1. The van der Waals surface area contributed by atoms with Crippen molar-refractivity contribution in [3.63, 3.8) is 0 Å². The fourth-order valence-electron chi connectivity index (χ4n) is 1.61. The monoisotopic (exact) mass is 208 g/mol. The lowest BCUT2D eigenvalue weighted by Gasteiger charge is -2.09. The molecule has 1 heterocycles. The summed E-state index contributed by atoms with van der Waals surface area (Å²) in [7, 11) is 0. The summed E-state index contributed by atoms with van der Waals surface area (Å²) >= 11 is 0. The van der Waals surface area contributed by atoms with Gasteiger partial charge in [-0.2, -0.15) is 0 Å². The highest BCUT2D eigenvalue weighted by molar-refractivity contribution is 5.10. The Morgan fingerprint density at radius 2 is 2.20 bits per heavy atom. The minimum atomic E-state index is 0.139. The van der Waals surface area contributed by atoms with Crippen LogP contribution in [0.1, 0.15) is 25.8 Å². The van der Waals surface area contributed by atoms with Crippen molar-refractivity contribution in [2.45, 2.75) is 33.2 Å². The molecule has 3 nitrogen and oxygen atoms in total. The summed E-state index contributed by atoms with van der Waals surface area (Å²) in [6.45, 7) is 5.64. The van der Waals surface area contributed by atoms with E-state index in [4.69, 9.17) is 5.73 Å². The van der Waals surface area contributed by atoms with Gasteiger partial charge in [-0.25, -0.2) is 0 Å². The summed E-state index contributed by atoms with van der Waals surface area (Å²) in [6.07, 6.45) is 3.52. The van der Waals surface area contributed by atoms with Crippen molar-refractivity contribution in [3.8, 4) is 0 Å². The smallest absolute Gasteiger partial charge is 0.253 e. The Hall–Kier alpha value is -1.09. The highest BCUT2D eigenvalue weighted by Gasteiger charge is 2.03. The molecule has 0 aliphatic rings. The summed E-state index contributed by atoms with van der Waals surface area (Å²) in [5, 5.41) is 0. The Kier molecular flexibility index (Phi) is 4.56. The predicted octanol–water partition coefficient (Wildman–Crippen LogP) is 1.40. The SMILES string of the molecule is CC(C)Cn1cccc(CCCN)c1=O. The first-order valence-corrected chi connectivity index (χ1v) is 5.53. The maximum Gasteiger partial charge on any atom is 0.253 e. The predicted molar refractivity (Wildman–Crippen MR) is 62.9 cm³/mol. The first-order valence-electron chi connectivity index (χ1n) is 5.53. The number of hydrogen-bond donors (Lipinski definition) is 1. The third-order valence-corrected chi connectivity index (χ3v) is 2.31. The fraction of sp³-hybridized carbons (Fsp3) is 0.583. The number of aromatic nitrogens is 1. The largest absolute Gasteiger partial charge is 0.330 e. The highest BCUT2D eigenvalue weighted by atomic mass is 16.1. The lowest BCUT2D eigenvalue weighted by molar-refractivity contribution is 0.508. The molecule has 0 aliphatic carbocycles. The van der Waals surface area contributed by atoms with Gasteiger partial charge in [0.25, 0.3) is 5.56 Å². The molecule has 0 spiro atoms. The van der Waals surface area contributed by atoms with Gasteiger partial charge in [0.1, 0.15) is 0 Å². The Morgan fingerprint density at radius 3 is 2.80 bits per heavy atom. The third-order valence-electron chi connectivity index (χ3n) is 2.31. The number of nitrogens with zero attached hydrogens (tertiary/aromatic N) is 1. The summed E-state index contributed by atoms with van der Waals surface area (Å²) < 4.78 is 1.79. The Morgan fingerprint density at radius 1 is 1.47 bits per heavy atom. The van der Waals surface area contributed by atoms with E-state index in [-0.39, 0.29) is 5.56 Å². The topological polar surface area (TPSA) is 48.0 Å². The molecule has 0 aromatic carbocycles. The van der Waals surface area contributed by atoms with E-state index in [1.54, 1.807) is 4.57 Å². The lowest BCUT2D eigenvalue weighted by Crippen LogP contribution is -2.25. The number of nitrogens with two attached hydrogens (primary N) is 1. The van der Waals surface area contributed by atoms with Crippen LogP contribution >= 0.6 is 0 Å². The van der Waals surface area contributed by atoms with Crippen molar-refractivity contribution in [2.24, 2.45) is 11.7 Å². The molecule has 1 aromatic heterocycles. The quantitative estimate of drug-likeness (QED) is 0.795. The molecule has 0 amide bonds. The van der Waals surface area contributed by atoms with E-state index >= 15 is 0 Å². The summed E-state index contributed by atoms with van der Waals surface area (Å²) in [5.74, 6) is 0.493. The van der Waals surface area contributed by atoms with Crippen molar-refractivity contribution in [1.29, 1.82) is 0 Å². The Bertz CT molecular complexity index is 355. The van der Waals surface area contributed by atoms with Crippen molar-refractivity contribution >= 4 is 0 Å². The van der Waals surface area contributed by atoms with Crippen molar-refractivity contribution in [2.75, 3.05) is 6.54 Å². The standard InChI is InChI=1S/C12H20N2O/c1-10(2)9-14-8-4-6-11(12(14)15)5-3-7-13/h4,6,8,10H,3,5,7,9,13H2,1-2H3. The molecular weight excluding hydrogens is 188 g/mol. The van der Waals surface area contributed by atoms with E-state index in [1.165, 1.54) is 0 Å². The molecule has 0 radical (unpaired) electrons. The minimum absolute atomic E-state index is 0.139. The van der Waals surface area contributed by atoms with Crippen LogP contribution in [0.25, 0.3) is 0 Å². The van der Waals surface area contributed by atoms with E-state index in [2.05, 4.69) is 13.8 Å². The molecule has 2 N–H and O–H groups in total. The number of hydrogen-bond acceptors (Lipinski definition) is 2. The van der Waals surface area contributed by atoms with Crippen LogP contribution in [0.3, 0.4) is 0 Å². The maximum absolute atomic E-state index is 11.9. The van der Waals surface area contributed by atoms with Crippen LogP contribution in [0.2, 0.25) is 0 Å². The molecule has 0 unspecified atom stereocenters. The van der Waals surface area contributed by atoms with Gasteiger partial charge in [-0.15, -0.1) is 0 Å². The van der Waals surface area contributed by atoms with Gasteiger partial charge >= 0.3 is 0 Å². The second-order valence-electron chi connectivity index (χ2n) is 4.28. The van der Waals surface area contributed by atoms with Crippen LogP contribution in [0.4, 0.5) is 0 Å². The molecule has 84 valence electrons. The average molecular weight is 208 g/mol. The van der Waals surface area contributed by atoms with Crippen LogP contribution in [0.5, 0.6) is 0 Å². The Balaban J connectivity index is 2.85. The molecule has 0 saturated carbocycles. The molecule has 0 fully saturated rings. The normalized spacial score (nSPS) is 10.9. The minimum Gasteiger partial charge on any atom is -0.330 e. The second-order valence-corrected chi connectivity index (χ2v) is 4.28. The molecule has 3 heteroatoms. The first-order chi connectivity index (χ1) is 7.15. The van der Waals surface area contributed by atoms with E-state index < -0.39 is 0 Å². The van der Waals surface area contributed by atoms with Gasteiger partial charge in [0.15, 0.2) is 0 Å². The fourth-order valence-corrected chi connectivity index (χ4v) is 1.61. The second kappa shape index (κ2) is 5.71. The molecule has 0 saturated heterocycles. The van der Waals surface area contributed by atoms with E-state index in [0.717, 1.165) is 24.9 Å². The van der Waals surface area contributed by atoms with Gasteiger partial charge in [0, 0.05) is 18.3 Å². The van der Waals surface area contributed by atoms with Crippen LogP contribution in [0.15, 0.2) is 23.1 Å². The summed E-state index contributed by atoms with van der Waals surface area (Å²) in [5.41, 5.74) is 6.45. The number of rotatable bonds is 5. The zero-order valence-electron chi connectivity index (χ0n) is 9.57. The van der Waals surface area contributed by atoms with Crippen LogP contribution in [0, 0.1) is 5.92 Å². The van der Waals surface area contributed by atoms with Crippen molar-refractivity contribution < 1.29 is 0 Å². The van der Waals surface area contributed by atoms with E-state index in [0.29, 0.717) is 12.5 Å². The molecule has 0 atom stereocenters. The van der Waals surface area contributed by atoms with Gasteiger partial charge in [-0.3, -0.25) is 4.79 Å². The van der Waals surface area contributed by atoms with E-state index in [1.807, 2.05) is 18.3 Å². The molecule has 0 bridgehead atoms. The average Bonchev–Trinajstić information content (AvgIpc) is 2.19. The van der Waals surface area contributed by atoms with Crippen molar-refractivity contribution in [3.05, 3.63) is 34.2 Å². The van der Waals surface area contributed by atoms with Gasteiger partial charge in [0.2, 0.25) is 0 Å². The van der Waals surface area contributed by atoms with Crippen LogP contribution < -0.4 is 11.3 Å². The lowest BCUT2D eigenvalue weighted by atomic mass is 10.1. The Labute approximate surface area is 90.9 Å². The molecule has 1 rings (SSSR count). The molecule has 0 aliphatic heterocycles. The van der Waals surface area contributed by atoms with Crippen molar-refractivity contribution in [1.82, 2.24) is 4.57 Å². The third kappa shape index (κ3) is 3.51. The van der Waals surface area contributed by atoms with Gasteiger partial charge in [0.05, 0.1) is 0 Å². The van der Waals surface area contributed by atoms with Gasteiger partial charge in [-0.05, 0) is 31.4 Å². The number of aryl methyl sites for hydroxylation is 1. The highest BCUT2D eigenvalue weighted by Crippen LogP contribution is 1.99. The summed E-state index contributed by atoms with van der Waals surface area (Å²) in [6, 6.07) is 3.84. The molecular formula is C12H20N2O. The molecule has 1 aromatic rings. The zero-order valence-corrected chi connectivity index (χ0v) is 9.57. The first kappa shape index (κ1) is 12.0. The van der Waals surface area contributed by atoms with Gasteiger partial charge < -0.3 is 10.3 Å².